The molecule has 0 radical (unpaired) electrons. The van der Waals surface area contributed by atoms with E-state index in [9.17, 15) is 19.7 Å². The van der Waals surface area contributed by atoms with Gasteiger partial charge in [0, 0.05) is 19.0 Å². The van der Waals surface area contributed by atoms with Crippen molar-refractivity contribution < 1.29 is 19.6 Å². The number of aromatic nitrogens is 2. The normalized spacial score (nSPS) is 10.6. The van der Waals surface area contributed by atoms with Crippen molar-refractivity contribution in [3.05, 3.63) is 22.5 Å². The van der Waals surface area contributed by atoms with E-state index in [1.54, 1.807) is 0 Å². The number of nitro groups is 1. The van der Waals surface area contributed by atoms with E-state index in [4.69, 9.17) is 5.11 Å². The molecule has 9 heteroatoms. The van der Waals surface area contributed by atoms with Gasteiger partial charge in [0.15, 0.2) is 0 Å². The van der Waals surface area contributed by atoms with Gasteiger partial charge < -0.3 is 10.0 Å². The highest BCUT2D eigenvalue weighted by atomic mass is 16.6. The van der Waals surface area contributed by atoms with Crippen molar-refractivity contribution in [2.75, 3.05) is 6.54 Å². The number of carbonyl (C=O) groups is 2. The van der Waals surface area contributed by atoms with Gasteiger partial charge in [-0.2, -0.15) is 5.10 Å². The topological polar surface area (TPSA) is 119 Å². The van der Waals surface area contributed by atoms with Crippen LogP contribution in [0.1, 0.15) is 26.7 Å². The van der Waals surface area contributed by atoms with Gasteiger partial charge in [-0.15, -0.1) is 0 Å². The number of carboxylic acid groups (broad SMARTS) is 1. The molecule has 0 saturated carbocycles. The summed E-state index contributed by atoms with van der Waals surface area (Å²) in [6.45, 7) is 3.86. The maximum atomic E-state index is 12.2. The van der Waals surface area contributed by atoms with E-state index in [1.807, 2.05) is 13.8 Å². The third-order valence-electron chi connectivity index (χ3n) is 2.86. The summed E-state index contributed by atoms with van der Waals surface area (Å²) in [6.07, 6.45) is 2.62. The summed E-state index contributed by atoms with van der Waals surface area (Å²) in [7, 11) is 0. The summed E-state index contributed by atoms with van der Waals surface area (Å²) in [5.74, 6) is -1.16. The average Bonchev–Trinajstić information content (AvgIpc) is 2.82. The fourth-order valence-electron chi connectivity index (χ4n) is 1.83. The Kier molecular flexibility index (Phi) is 5.82. The minimum absolute atomic E-state index is 0.0102. The predicted molar refractivity (Wildman–Crippen MR) is 72.6 cm³/mol. The van der Waals surface area contributed by atoms with Crippen LogP contribution in [-0.2, 0) is 16.1 Å². The molecule has 0 saturated heterocycles. The van der Waals surface area contributed by atoms with E-state index in [0.717, 1.165) is 6.20 Å². The van der Waals surface area contributed by atoms with Crippen LogP contribution < -0.4 is 0 Å². The smallest absolute Gasteiger partial charge is 0.307 e. The van der Waals surface area contributed by atoms with E-state index in [-0.39, 0.29) is 30.6 Å². The van der Waals surface area contributed by atoms with Crippen LogP contribution >= 0.6 is 0 Å². The summed E-state index contributed by atoms with van der Waals surface area (Å²) in [5, 5.41) is 22.9. The molecule has 1 heterocycles. The van der Waals surface area contributed by atoms with Crippen LogP contribution in [0.15, 0.2) is 12.4 Å². The maximum absolute atomic E-state index is 12.2. The monoisotopic (exact) mass is 298 g/mol. The number of carbonyl (C=O) groups excluding carboxylic acids is 1. The van der Waals surface area contributed by atoms with Gasteiger partial charge in [0.05, 0.1) is 4.92 Å². The molecule has 9 nitrogen and oxygen atoms in total. The van der Waals surface area contributed by atoms with Gasteiger partial charge in [-0.3, -0.25) is 24.4 Å². The van der Waals surface area contributed by atoms with Crippen molar-refractivity contribution in [3.63, 3.8) is 0 Å². The number of hydrogen-bond donors (Lipinski definition) is 1. The number of amides is 1. The standard InChI is InChI=1S/C12H18N4O5/c1-9(2)15(5-3-4-12(18)19)11(17)8-14-7-10(6-13-14)16(20)21/h6-7,9H,3-5,8H2,1-2H3,(H,18,19). The highest BCUT2D eigenvalue weighted by Crippen LogP contribution is 2.09. The van der Waals surface area contributed by atoms with Crippen molar-refractivity contribution in [3.8, 4) is 0 Å². The van der Waals surface area contributed by atoms with Crippen LogP contribution in [0.25, 0.3) is 0 Å². The van der Waals surface area contributed by atoms with Gasteiger partial charge in [0.2, 0.25) is 5.91 Å². The molecule has 0 bridgehead atoms. The van der Waals surface area contributed by atoms with Gasteiger partial charge in [-0.1, -0.05) is 0 Å². The zero-order chi connectivity index (χ0) is 16.0. The molecule has 1 N–H and O–H groups in total. The van der Waals surface area contributed by atoms with Crippen molar-refractivity contribution in [1.29, 1.82) is 0 Å². The van der Waals surface area contributed by atoms with Crippen LogP contribution in [0.2, 0.25) is 0 Å². The Morgan fingerprint density at radius 2 is 2.19 bits per heavy atom. The average molecular weight is 298 g/mol. The molecule has 116 valence electrons. The van der Waals surface area contributed by atoms with E-state index in [1.165, 1.54) is 15.8 Å². The molecule has 21 heavy (non-hydrogen) atoms. The Labute approximate surface area is 121 Å². The van der Waals surface area contributed by atoms with E-state index in [0.29, 0.717) is 13.0 Å². The van der Waals surface area contributed by atoms with Crippen molar-refractivity contribution in [2.24, 2.45) is 0 Å². The van der Waals surface area contributed by atoms with E-state index >= 15 is 0 Å². The first-order valence-corrected chi connectivity index (χ1v) is 6.49. The van der Waals surface area contributed by atoms with E-state index < -0.39 is 10.9 Å². The zero-order valence-corrected chi connectivity index (χ0v) is 11.9. The molecule has 0 aliphatic rings. The Hall–Kier alpha value is -2.45. The van der Waals surface area contributed by atoms with Gasteiger partial charge in [0.1, 0.15) is 18.9 Å². The molecule has 1 aromatic rings. The molecule has 0 aliphatic heterocycles. The lowest BCUT2D eigenvalue weighted by molar-refractivity contribution is -0.385. The maximum Gasteiger partial charge on any atom is 0.307 e. The zero-order valence-electron chi connectivity index (χ0n) is 11.9. The van der Waals surface area contributed by atoms with Crippen LogP contribution in [0.5, 0.6) is 0 Å². The summed E-state index contributed by atoms with van der Waals surface area (Å²) < 4.78 is 1.20. The lowest BCUT2D eigenvalue weighted by Crippen LogP contribution is -2.40. The highest BCUT2D eigenvalue weighted by molar-refractivity contribution is 5.76. The Morgan fingerprint density at radius 1 is 1.52 bits per heavy atom. The first-order chi connectivity index (χ1) is 9.81. The van der Waals surface area contributed by atoms with Crippen LogP contribution in [0, 0.1) is 10.1 Å². The lowest BCUT2D eigenvalue weighted by Gasteiger charge is -2.26. The summed E-state index contributed by atoms with van der Waals surface area (Å²) >= 11 is 0. The Bertz CT molecular complexity index is 525. The molecule has 0 spiro atoms. The van der Waals surface area contributed by atoms with Crippen molar-refractivity contribution >= 4 is 17.6 Å². The number of carboxylic acids is 1. The highest BCUT2D eigenvalue weighted by Gasteiger charge is 2.19. The molecular weight excluding hydrogens is 280 g/mol. The Balaban J connectivity index is 2.63. The van der Waals surface area contributed by atoms with Gasteiger partial charge in [-0.05, 0) is 20.3 Å². The van der Waals surface area contributed by atoms with Crippen LogP contribution in [-0.4, -0.2) is 49.2 Å². The largest absolute Gasteiger partial charge is 0.481 e. The second-order valence-corrected chi connectivity index (χ2v) is 4.83. The fourth-order valence-corrected chi connectivity index (χ4v) is 1.83. The van der Waals surface area contributed by atoms with Gasteiger partial charge >= 0.3 is 11.7 Å². The molecule has 0 fully saturated rings. The fraction of sp³-hybridized carbons (Fsp3) is 0.583. The second-order valence-electron chi connectivity index (χ2n) is 4.83. The Morgan fingerprint density at radius 3 is 2.67 bits per heavy atom. The first-order valence-electron chi connectivity index (χ1n) is 6.49. The molecule has 1 aromatic heterocycles. The molecule has 0 unspecified atom stereocenters. The quantitative estimate of drug-likeness (QED) is 0.562. The van der Waals surface area contributed by atoms with Crippen LogP contribution in [0.4, 0.5) is 5.69 Å². The SMILES string of the molecule is CC(C)N(CCCC(=O)O)C(=O)Cn1cc([N+](=O)[O-])cn1. The summed E-state index contributed by atoms with van der Waals surface area (Å²) in [6, 6.07) is -0.0863. The summed E-state index contributed by atoms with van der Waals surface area (Å²) in [4.78, 5) is 34.2. The minimum Gasteiger partial charge on any atom is -0.481 e. The molecule has 1 rings (SSSR count). The molecule has 1 amide bonds. The molecule has 0 aliphatic carbocycles. The second kappa shape index (κ2) is 7.36. The third kappa shape index (κ3) is 5.21. The van der Waals surface area contributed by atoms with Crippen molar-refractivity contribution in [1.82, 2.24) is 14.7 Å². The van der Waals surface area contributed by atoms with Gasteiger partial charge in [-0.25, -0.2) is 0 Å². The third-order valence-corrected chi connectivity index (χ3v) is 2.86. The van der Waals surface area contributed by atoms with E-state index in [2.05, 4.69) is 5.10 Å². The summed E-state index contributed by atoms with van der Waals surface area (Å²) in [5.41, 5.74) is -0.176. The number of nitrogens with zero attached hydrogens (tertiary/aromatic N) is 4. The molecule has 0 atom stereocenters. The lowest BCUT2D eigenvalue weighted by atomic mass is 10.2. The number of hydrogen-bond acceptors (Lipinski definition) is 5. The van der Waals surface area contributed by atoms with Crippen molar-refractivity contribution in [2.45, 2.75) is 39.3 Å². The van der Waals surface area contributed by atoms with Crippen LogP contribution in [0.3, 0.4) is 0 Å². The minimum atomic E-state index is -0.908. The predicted octanol–water partition coefficient (Wildman–Crippen LogP) is 0.893. The molecular formula is C12H18N4O5. The number of aliphatic carboxylic acids is 1. The number of rotatable bonds is 8. The first kappa shape index (κ1) is 16.6. The molecule has 0 aromatic carbocycles. The van der Waals surface area contributed by atoms with Gasteiger partial charge in [0.25, 0.3) is 0 Å².